The first-order chi connectivity index (χ1) is 12.0. The van der Waals surface area contributed by atoms with Gasteiger partial charge in [0, 0.05) is 12.0 Å². The van der Waals surface area contributed by atoms with E-state index in [0.29, 0.717) is 16.6 Å². The lowest BCUT2D eigenvalue weighted by Gasteiger charge is -2.38. The van der Waals surface area contributed by atoms with Gasteiger partial charge in [0.2, 0.25) is 0 Å². The SMILES string of the molecule is NCC1(COC(=O)c2cccc(Br)n2)CCCc2c1ccc(Cl)c2F. The fourth-order valence-corrected chi connectivity index (χ4v) is 3.81. The summed E-state index contributed by atoms with van der Waals surface area (Å²) in [6.45, 7) is 0.324. The molecule has 0 saturated heterocycles. The molecule has 25 heavy (non-hydrogen) atoms. The molecular weight excluding hydrogens is 411 g/mol. The van der Waals surface area contributed by atoms with Crippen molar-refractivity contribution in [2.45, 2.75) is 24.7 Å². The number of benzene rings is 1. The van der Waals surface area contributed by atoms with Gasteiger partial charge in [-0.05, 0) is 64.5 Å². The Morgan fingerprint density at radius 1 is 1.40 bits per heavy atom. The first kappa shape index (κ1) is 18.3. The molecular formula is C18H17BrClFN2O2. The van der Waals surface area contributed by atoms with E-state index in [0.717, 1.165) is 18.4 Å². The number of ether oxygens (including phenoxy) is 1. The molecule has 3 rings (SSSR count). The van der Waals surface area contributed by atoms with Gasteiger partial charge in [-0.1, -0.05) is 23.7 Å². The Bertz CT molecular complexity index is 818. The van der Waals surface area contributed by atoms with E-state index in [1.54, 1.807) is 24.3 Å². The van der Waals surface area contributed by atoms with E-state index in [1.807, 2.05) is 0 Å². The van der Waals surface area contributed by atoms with Crippen LogP contribution >= 0.6 is 27.5 Å². The molecule has 0 spiro atoms. The molecule has 1 aromatic heterocycles. The van der Waals surface area contributed by atoms with Gasteiger partial charge in [0.1, 0.15) is 22.7 Å². The van der Waals surface area contributed by atoms with E-state index in [1.165, 1.54) is 6.07 Å². The summed E-state index contributed by atoms with van der Waals surface area (Å²) in [6, 6.07) is 8.33. The van der Waals surface area contributed by atoms with Crippen LogP contribution in [0.2, 0.25) is 5.02 Å². The molecule has 1 heterocycles. The van der Waals surface area contributed by atoms with Gasteiger partial charge in [-0.3, -0.25) is 0 Å². The molecule has 1 aliphatic carbocycles. The summed E-state index contributed by atoms with van der Waals surface area (Å²) in [4.78, 5) is 16.4. The van der Waals surface area contributed by atoms with Crippen LogP contribution in [0.15, 0.2) is 34.9 Å². The molecule has 1 aliphatic rings. The average Bonchev–Trinajstić information content (AvgIpc) is 2.62. The second-order valence-corrected chi connectivity index (χ2v) is 7.37. The van der Waals surface area contributed by atoms with E-state index in [2.05, 4.69) is 20.9 Å². The molecule has 0 fully saturated rings. The zero-order valence-corrected chi connectivity index (χ0v) is 15.7. The first-order valence-electron chi connectivity index (χ1n) is 7.94. The van der Waals surface area contributed by atoms with Crippen molar-refractivity contribution < 1.29 is 13.9 Å². The van der Waals surface area contributed by atoms with Gasteiger partial charge < -0.3 is 10.5 Å². The molecule has 0 bridgehead atoms. The molecule has 1 unspecified atom stereocenters. The smallest absolute Gasteiger partial charge is 0.356 e. The minimum Gasteiger partial charge on any atom is -0.460 e. The lowest BCUT2D eigenvalue weighted by molar-refractivity contribution is 0.0379. The van der Waals surface area contributed by atoms with E-state index in [4.69, 9.17) is 22.1 Å². The maximum atomic E-state index is 14.4. The second kappa shape index (κ2) is 7.40. The van der Waals surface area contributed by atoms with Crippen molar-refractivity contribution in [2.75, 3.05) is 13.2 Å². The number of esters is 1. The molecule has 2 aromatic rings. The number of aromatic nitrogens is 1. The van der Waals surface area contributed by atoms with Crippen LogP contribution in [0.3, 0.4) is 0 Å². The van der Waals surface area contributed by atoms with Gasteiger partial charge in [0.25, 0.3) is 0 Å². The monoisotopic (exact) mass is 426 g/mol. The number of nitrogens with zero attached hydrogens (tertiary/aromatic N) is 1. The highest BCUT2D eigenvalue weighted by Gasteiger charge is 2.38. The fraction of sp³-hybridized carbons (Fsp3) is 0.333. The summed E-state index contributed by atoms with van der Waals surface area (Å²) in [5, 5.41) is 0.0990. The van der Waals surface area contributed by atoms with Gasteiger partial charge in [-0.15, -0.1) is 0 Å². The third-order valence-electron chi connectivity index (χ3n) is 4.64. The van der Waals surface area contributed by atoms with E-state index in [-0.39, 0.29) is 23.9 Å². The van der Waals surface area contributed by atoms with Crippen LogP contribution in [0.25, 0.3) is 0 Å². The number of nitrogens with two attached hydrogens (primary N) is 1. The molecule has 4 nitrogen and oxygen atoms in total. The van der Waals surface area contributed by atoms with Crippen molar-refractivity contribution in [1.82, 2.24) is 4.98 Å². The largest absolute Gasteiger partial charge is 0.460 e. The van der Waals surface area contributed by atoms with Crippen LogP contribution in [0.4, 0.5) is 4.39 Å². The molecule has 7 heteroatoms. The Hall–Kier alpha value is -1.50. The third-order valence-corrected chi connectivity index (χ3v) is 5.38. The standard InChI is InChI=1S/C18H17BrClFN2O2/c19-15-5-1-4-14(23-15)17(24)25-10-18(9-22)8-2-3-11-12(18)6-7-13(20)16(11)21/h1,4-7H,2-3,8-10,22H2. The van der Waals surface area contributed by atoms with Crippen LogP contribution in [-0.4, -0.2) is 24.1 Å². The number of fused-ring (bicyclic) bond motifs is 1. The number of hydrogen-bond acceptors (Lipinski definition) is 4. The van der Waals surface area contributed by atoms with E-state index in [9.17, 15) is 9.18 Å². The molecule has 0 aliphatic heterocycles. The molecule has 0 radical (unpaired) electrons. The normalized spacial score (nSPS) is 19.4. The Balaban J connectivity index is 1.86. The second-order valence-electron chi connectivity index (χ2n) is 6.15. The number of carbonyl (C=O) groups is 1. The molecule has 132 valence electrons. The Morgan fingerprint density at radius 2 is 2.20 bits per heavy atom. The fourth-order valence-electron chi connectivity index (χ4n) is 3.29. The van der Waals surface area contributed by atoms with Crippen molar-refractivity contribution in [3.8, 4) is 0 Å². The maximum Gasteiger partial charge on any atom is 0.356 e. The quantitative estimate of drug-likeness (QED) is 0.591. The molecule has 0 amide bonds. The highest BCUT2D eigenvalue weighted by molar-refractivity contribution is 9.10. The Labute approximate surface area is 158 Å². The third kappa shape index (κ3) is 3.57. The Morgan fingerprint density at radius 3 is 2.92 bits per heavy atom. The highest BCUT2D eigenvalue weighted by Crippen LogP contribution is 2.40. The van der Waals surface area contributed by atoms with Crippen LogP contribution in [0.5, 0.6) is 0 Å². The van der Waals surface area contributed by atoms with Crippen LogP contribution in [0.1, 0.15) is 34.5 Å². The topological polar surface area (TPSA) is 65.2 Å². The number of hydrogen-bond donors (Lipinski definition) is 1. The Kier molecular flexibility index (Phi) is 5.41. The van der Waals surface area contributed by atoms with Crippen molar-refractivity contribution >= 4 is 33.5 Å². The predicted octanol–water partition coefficient (Wildman–Crippen LogP) is 4.03. The van der Waals surface area contributed by atoms with Gasteiger partial charge in [-0.2, -0.15) is 0 Å². The first-order valence-corrected chi connectivity index (χ1v) is 9.11. The van der Waals surface area contributed by atoms with Crippen molar-refractivity contribution in [2.24, 2.45) is 5.73 Å². The lowest BCUT2D eigenvalue weighted by atomic mass is 9.70. The van der Waals surface area contributed by atoms with Crippen LogP contribution < -0.4 is 5.73 Å². The van der Waals surface area contributed by atoms with Crippen LogP contribution in [0, 0.1) is 5.82 Å². The van der Waals surface area contributed by atoms with Gasteiger partial charge >= 0.3 is 5.97 Å². The molecule has 1 aromatic carbocycles. The van der Waals surface area contributed by atoms with Gasteiger partial charge in [-0.25, -0.2) is 14.2 Å². The summed E-state index contributed by atoms with van der Waals surface area (Å²) >= 11 is 9.13. The van der Waals surface area contributed by atoms with E-state index >= 15 is 0 Å². The van der Waals surface area contributed by atoms with Crippen LogP contribution in [-0.2, 0) is 16.6 Å². The molecule has 1 atom stereocenters. The predicted molar refractivity (Wildman–Crippen MR) is 97.3 cm³/mol. The molecule has 2 N–H and O–H groups in total. The summed E-state index contributed by atoms with van der Waals surface area (Å²) in [6.07, 6.45) is 2.08. The number of halogens is 3. The zero-order valence-electron chi connectivity index (χ0n) is 13.4. The highest BCUT2D eigenvalue weighted by atomic mass is 79.9. The summed E-state index contributed by atoms with van der Waals surface area (Å²) in [7, 11) is 0. The van der Waals surface area contributed by atoms with Crippen molar-refractivity contribution in [1.29, 1.82) is 0 Å². The van der Waals surface area contributed by atoms with E-state index < -0.39 is 17.2 Å². The number of pyridine rings is 1. The minimum atomic E-state index is -0.610. The summed E-state index contributed by atoms with van der Waals surface area (Å²) < 4.78 is 20.4. The minimum absolute atomic E-state index is 0.0740. The summed E-state index contributed by atoms with van der Waals surface area (Å²) in [5.41, 5.74) is 6.96. The zero-order chi connectivity index (χ0) is 18.0. The average molecular weight is 428 g/mol. The number of carbonyl (C=O) groups excluding carboxylic acids is 1. The van der Waals surface area contributed by atoms with Crippen molar-refractivity contribution in [3.05, 3.63) is 62.6 Å². The van der Waals surface area contributed by atoms with Crippen molar-refractivity contribution in [3.63, 3.8) is 0 Å². The van der Waals surface area contributed by atoms with Gasteiger partial charge in [0.05, 0.1) is 5.02 Å². The van der Waals surface area contributed by atoms with Gasteiger partial charge in [0.15, 0.2) is 0 Å². The summed E-state index contributed by atoms with van der Waals surface area (Å²) in [5.74, 6) is -0.938. The lowest BCUT2D eigenvalue weighted by Crippen LogP contribution is -2.43. The molecule has 0 saturated carbocycles. The maximum absolute atomic E-state index is 14.4. The number of rotatable bonds is 4.